The predicted molar refractivity (Wildman–Crippen MR) is 201 cm³/mol. The molecule has 3 unspecified atom stereocenters. The molecular formula is C40H44N6O5S. The second-order valence-corrected chi connectivity index (χ2v) is 15.2. The fraction of sp³-hybridized carbons (Fsp3) is 0.375. The molecule has 12 heteroatoms. The van der Waals surface area contributed by atoms with Gasteiger partial charge in [0.1, 0.15) is 24.0 Å². The third-order valence-electron chi connectivity index (χ3n) is 10.8. The fourth-order valence-electron chi connectivity index (χ4n) is 8.64. The van der Waals surface area contributed by atoms with Crippen molar-refractivity contribution in [1.82, 2.24) is 24.8 Å². The molecule has 2 bridgehead atoms. The van der Waals surface area contributed by atoms with Gasteiger partial charge in [0.15, 0.2) is 0 Å². The molecule has 3 amide bonds. The number of hydrogen-bond donors (Lipinski definition) is 1. The Bertz CT molecular complexity index is 1970. The van der Waals surface area contributed by atoms with Crippen molar-refractivity contribution in [2.45, 2.75) is 49.0 Å². The van der Waals surface area contributed by atoms with Gasteiger partial charge in [0, 0.05) is 24.0 Å². The van der Waals surface area contributed by atoms with E-state index in [0.29, 0.717) is 35.5 Å². The van der Waals surface area contributed by atoms with Crippen molar-refractivity contribution in [2.75, 3.05) is 31.2 Å². The lowest BCUT2D eigenvalue weighted by Crippen LogP contribution is -2.58. The van der Waals surface area contributed by atoms with E-state index in [1.165, 1.54) is 0 Å². The van der Waals surface area contributed by atoms with E-state index in [4.69, 9.17) is 4.74 Å². The van der Waals surface area contributed by atoms with E-state index >= 15 is 9.59 Å². The third kappa shape index (κ3) is 5.78. The first kappa shape index (κ1) is 35.5. The SMILES string of the molecule is C=CCN(Cn1nnc2ccccc21)C(=O)C1N([C@H](CO)c2ccccc2)C(=O)[C@@H]2[C@@H](C(=O)N(CC=C)c3ccc(OCC)cc3)[C@H]3CC(C)C12S3. The standard InChI is InChI=1S/C40H44N6O5S/c1-5-21-43(25-45-31-16-12-11-15-30(31)41-42-45)39(50)36-40-26(4)23-33(52-40)34(35(40)38(49)46(36)32(24-47)27-13-9-8-10-14-27)37(48)44(22-6-2)28-17-19-29(20-18-28)51-7-3/h5-6,8-20,26,32-36,47H,1-2,7,21-25H2,3-4H3/t26?,32-,33-,34+,35+,36?,40?/m1/s1. The monoisotopic (exact) mass is 720 g/mol. The van der Waals surface area contributed by atoms with Crippen LogP contribution in [0.25, 0.3) is 11.0 Å². The van der Waals surface area contributed by atoms with Crippen molar-refractivity contribution in [3.05, 3.63) is 110 Å². The summed E-state index contributed by atoms with van der Waals surface area (Å²) in [5.41, 5.74) is 2.85. The number of rotatable bonds is 14. The van der Waals surface area contributed by atoms with Crippen LogP contribution in [0.3, 0.4) is 0 Å². The molecule has 52 heavy (non-hydrogen) atoms. The highest BCUT2D eigenvalue weighted by Crippen LogP contribution is 2.69. The van der Waals surface area contributed by atoms with Gasteiger partial charge in [-0.2, -0.15) is 0 Å². The molecule has 1 aromatic heterocycles. The highest BCUT2D eigenvalue weighted by atomic mass is 32.2. The Hall–Kier alpha value is -4.94. The Morgan fingerprint density at radius 1 is 1.04 bits per heavy atom. The lowest BCUT2D eigenvalue weighted by molar-refractivity contribution is -0.146. The number of anilines is 1. The second-order valence-electron chi connectivity index (χ2n) is 13.6. The van der Waals surface area contributed by atoms with Gasteiger partial charge in [0.2, 0.25) is 17.7 Å². The Morgan fingerprint density at radius 3 is 2.44 bits per heavy atom. The van der Waals surface area contributed by atoms with Crippen LogP contribution < -0.4 is 9.64 Å². The number of aromatic nitrogens is 3. The number of fused-ring (bicyclic) bond motifs is 2. The molecule has 3 fully saturated rings. The molecule has 0 saturated carbocycles. The molecule has 3 aromatic carbocycles. The number of aliphatic hydroxyl groups excluding tert-OH is 1. The van der Waals surface area contributed by atoms with Crippen molar-refractivity contribution >= 4 is 46.2 Å². The molecule has 1 N–H and O–H groups in total. The molecular weight excluding hydrogens is 677 g/mol. The Morgan fingerprint density at radius 2 is 1.75 bits per heavy atom. The largest absolute Gasteiger partial charge is 0.494 e. The van der Waals surface area contributed by atoms with Crippen LogP contribution in [0.4, 0.5) is 5.69 Å². The summed E-state index contributed by atoms with van der Waals surface area (Å²) in [6, 6.07) is 22.4. The highest BCUT2D eigenvalue weighted by Gasteiger charge is 2.77. The summed E-state index contributed by atoms with van der Waals surface area (Å²) in [7, 11) is 0. The van der Waals surface area contributed by atoms with E-state index in [-0.39, 0.29) is 48.6 Å². The average Bonchev–Trinajstić information content (AvgIpc) is 3.89. The number of carbonyl (C=O) groups is 3. The quantitative estimate of drug-likeness (QED) is 0.179. The van der Waals surface area contributed by atoms with Crippen molar-refractivity contribution in [2.24, 2.45) is 17.8 Å². The summed E-state index contributed by atoms with van der Waals surface area (Å²) in [4.78, 5) is 50.3. The minimum atomic E-state index is -0.974. The molecule has 1 spiro atoms. The van der Waals surface area contributed by atoms with Crippen LogP contribution >= 0.6 is 11.8 Å². The van der Waals surface area contributed by atoms with Crippen molar-refractivity contribution in [1.29, 1.82) is 0 Å². The van der Waals surface area contributed by atoms with E-state index in [0.717, 1.165) is 5.52 Å². The highest BCUT2D eigenvalue weighted by molar-refractivity contribution is 8.02. The summed E-state index contributed by atoms with van der Waals surface area (Å²) in [6.45, 7) is 12.5. The summed E-state index contributed by atoms with van der Waals surface area (Å²) in [5, 5.41) is 19.5. The molecule has 4 heterocycles. The molecule has 7 rings (SSSR count). The molecule has 0 aliphatic carbocycles. The minimum Gasteiger partial charge on any atom is -0.494 e. The van der Waals surface area contributed by atoms with E-state index in [2.05, 4.69) is 30.4 Å². The Kier molecular flexibility index (Phi) is 9.95. The van der Waals surface area contributed by atoms with Gasteiger partial charge >= 0.3 is 0 Å². The first-order chi connectivity index (χ1) is 25.3. The first-order valence-electron chi connectivity index (χ1n) is 17.8. The number of para-hydroxylation sites is 1. The lowest BCUT2D eigenvalue weighted by atomic mass is 9.65. The van der Waals surface area contributed by atoms with Gasteiger partial charge in [-0.3, -0.25) is 14.4 Å². The molecule has 3 aliphatic rings. The van der Waals surface area contributed by atoms with Crippen molar-refractivity contribution < 1.29 is 24.2 Å². The zero-order chi connectivity index (χ0) is 36.6. The van der Waals surface area contributed by atoms with Crippen LogP contribution in [-0.4, -0.2) is 90.0 Å². The maximum atomic E-state index is 15.3. The topological polar surface area (TPSA) is 121 Å². The molecule has 4 aromatic rings. The Balaban J connectivity index is 1.32. The number of hydrogen-bond acceptors (Lipinski definition) is 8. The normalized spacial score (nSPS) is 25.2. The summed E-state index contributed by atoms with van der Waals surface area (Å²) in [6.07, 6.45) is 4.01. The molecule has 270 valence electrons. The predicted octanol–water partition coefficient (Wildman–Crippen LogP) is 5.09. The number of thioether (sulfide) groups is 1. The zero-order valence-corrected chi connectivity index (χ0v) is 30.3. The van der Waals surface area contributed by atoms with Crippen LogP contribution in [0, 0.1) is 17.8 Å². The molecule has 3 aliphatic heterocycles. The van der Waals surface area contributed by atoms with Gasteiger partial charge in [-0.25, -0.2) is 4.68 Å². The minimum absolute atomic E-state index is 0.0781. The molecule has 11 nitrogen and oxygen atoms in total. The van der Waals surface area contributed by atoms with Crippen LogP contribution in [0.15, 0.2) is 104 Å². The number of ether oxygens (including phenoxy) is 1. The Labute approximate surface area is 307 Å². The zero-order valence-electron chi connectivity index (χ0n) is 29.5. The number of nitrogens with zero attached hydrogens (tertiary/aromatic N) is 6. The van der Waals surface area contributed by atoms with Crippen LogP contribution in [0.2, 0.25) is 0 Å². The van der Waals surface area contributed by atoms with Gasteiger partial charge in [0.25, 0.3) is 0 Å². The van der Waals surface area contributed by atoms with Gasteiger partial charge in [0.05, 0.1) is 41.4 Å². The maximum absolute atomic E-state index is 15.3. The summed E-state index contributed by atoms with van der Waals surface area (Å²) in [5.74, 6) is -1.63. The molecule has 0 radical (unpaired) electrons. The first-order valence-corrected chi connectivity index (χ1v) is 18.7. The van der Waals surface area contributed by atoms with Gasteiger partial charge in [-0.1, -0.05) is 66.8 Å². The number of carbonyl (C=O) groups excluding carboxylic acids is 3. The average molecular weight is 721 g/mol. The molecule has 3 saturated heterocycles. The third-order valence-corrected chi connectivity index (χ3v) is 12.9. The van der Waals surface area contributed by atoms with Crippen LogP contribution in [0.5, 0.6) is 5.75 Å². The molecule has 7 atom stereocenters. The van der Waals surface area contributed by atoms with Gasteiger partial charge in [-0.15, -0.1) is 30.0 Å². The van der Waals surface area contributed by atoms with E-state index in [1.807, 2.05) is 85.8 Å². The lowest BCUT2D eigenvalue weighted by Gasteiger charge is -2.42. The number of aliphatic hydroxyl groups is 1. The number of likely N-dealkylation sites (tertiary alicyclic amines) is 1. The summed E-state index contributed by atoms with van der Waals surface area (Å²) < 4.78 is 6.39. The fourth-order valence-corrected chi connectivity index (χ4v) is 11.0. The van der Waals surface area contributed by atoms with E-state index in [1.54, 1.807) is 43.3 Å². The number of benzene rings is 3. The van der Waals surface area contributed by atoms with E-state index in [9.17, 15) is 9.90 Å². The van der Waals surface area contributed by atoms with Gasteiger partial charge in [-0.05, 0) is 61.2 Å². The van der Waals surface area contributed by atoms with Crippen molar-refractivity contribution in [3.63, 3.8) is 0 Å². The number of amides is 3. The van der Waals surface area contributed by atoms with Gasteiger partial charge < -0.3 is 24.5 Å². The van der Waals surface area contributed by atoms with Crippen LogP contribution in [0.1, 0.15) is 31.9 Å². The second kappa shape index (κ2) is 14.6. The summed E-state index contributed by atoms with van der Waals surface area (Å²) >= 11 is 1.60. The smallest absolute Gasteiger partial charge is 0.248 e. The van der Waals surface area contributed by atoms with E-state index < -0.39 is 35.3 Å². The van der Waals surface area contributed by atoms with Crippen molar-refractivity contribution in [3.8, 4) is 5.75 Å². The van der Waals surface area contributed by atoms with Crippen LogP contribution in [-0.2, 0) is 21.1 Å². The maximum Gasteiger partial charge on any atom is 0.248 e.